The molecule has 0 aliphatic rings. The van der Waals surface area contributed by atoms with E-state index in [4.69, 9.17) is 4.74 Å². The van der Waals surface area contributed by atoms with E-state index in [1.807, 2.05) is 24.3 Å². The minimum atomic E-state index is -0.600. The zero-order valence-electron chi connectivity index (χ0n) is 10.9. The molecule has 1 aromatic carbocycles. The van der Waals surface area contributed by atoms with Crippen molar-refractivity contribution in [1.82, 2.24) is 4.98 Å². The van der Waals surface area contributed by atoms with E-state index < -0.39 is 11.9 Å². The number of carbonyl (C=O) groups is 2. The third-order valence-electron chi connectivity index (χ3n) is 2.32. The number of benzene rings is 1. The molecule has 5 nitrogen and oxygen atoms in total. The summed E-state index contributed by atoms with van der Waals surface area (Å²) in [4.78, 5) is 26.7. The van der Waals surface area contributed by atoms with Gasteiger partial charge in [0.1, 0.15) is 11.6 Å². The first-order valence-electron chi connectivity index (χ1n) is 6.05. The van der Waals surface area contributed by atoms with Crippen LogP contribution in [0, 0.1) is 0 Å². The Balaban J connectivity index is 1.88. The number of carbonyl (C=O) groups excluding carboxylic acids is 2. The van der Waals surface area contributed by atoms with Gasteiger partial charge in [0.2, 0.25) is 0 Å². The van der Waals surface area contributed by atoms with Crippen molar-refractivity contribution in [3.63, 3.8) is 0 Å². The lowest BCUT2D eigenvalue weighted by Gasteiger charge is -1.98. The van der Waals surface area contributed by atoms with Gasteiger partial charge >= 0.3 is 11.9 Å². The normalized spacial score (nSPS) is 10.8. The van der Waals surface area contributed by atoms with Crippen molar-refractivity contribution >= 4 is 33.5 Å². The van der Waals surface area contributed by atoms with Crippen LogP contribution >= 0.6 is 11.3 Å². The van der Waals surface area contributed by atoms with Gasteiger partial charge < -0.3 is 9.47 Å². The number of ether oxygens (including phenoxy) is 2. The highest BCUT2D eigenvalue weighted by Gasteiger charge is 2.06. The molecule has 1 heterocycles. The van der Waals surface area contributed by atoms with Crippen LogP contribution in [0.5, 0.6) is 0 Å². The Labute approximate surface area is 119 Å². The van der Waals surface area contributed by atoms with Crippen molar-refractivity contribution < 1.29 is 19.1 Å². The van der Waals surface area contributed by atoms with Gasteiger partial charge in [-0.3, -0.25) is 0 Å². The van der Waals surface area contributed by atoms with Gasteiger partial charge in [0.15, 0.2) is 0 Å². The van der Waals surface area contributed by atoms with E-state index in [2.05, 4.69) is 9.72 Å². The van der Waals surface area contributed by atoms with E-state index in [0.717, 1.165) is 22.4 Å². The summed E-state index contributed by atoms with van der Waals surface area (Å²) >= 11 is 1.47. The number of hydrogen-bond donors (Lipinski definition) is 0. The Morgan fingerprint density at radius 1 is 1.20 bits per heavy atom. The standard InChI is InChI=1S/C14H13NO4S/c1-2-18-13(16)7-8-14(17)19-9-12-15-10-5-3-4-6-11(10)20-12/h3-8H,2,9H2,1H3/b8-7+. The summed E-state index contributed by atoms with van der Waals surface area (Å²) in [5.74, 6) is -1.17. The average Bonchev–Trinajstić information content (AvgIpc) is 2.86. The molecular weight excluding hydrogens is 278 g/mol. The van der Waals surface area contributed by atoms with E-state index >= 15 is 0 Å². The summed E-state index contributed by atoms with van der Waals surface area (Å²) < 4.78 is 10.7. The van der Waals surface area contributed by atoms with Crippen LogP contribution in [0.4, 0.5) is 0 Å². The van der Waals surface area contributed by atoms with Gasteiger partial charge in [-0.25, -0.2) is 14.6 Å². The number of rotatable bonds is 5. The molecule has 0 unspecified atom stereocenters. The van der Waals surface area contributed by atoms with Crippen molar-refractivity contribution in [2.75, 3.05) is 6.61 Å². The molecule has 2 aromatic rings. The smallest absolute Gasteiger partial charge is 0.331 e. The largest absolute Gasteiger partial charge is 0.463 e. The number of nitrogens with zero attached hydrogens (tertiary/aromatic N) is 1. The quantitative estimate of drug-likeness (QED) is 0.625. The van der Waals surface area contributed by atoms with Gasteiger partial charge in [-0.2, -0.15) is 0 Å². The molecule has 0 radical (unpaired) electrons. The van der Waals surface area contributed by atoms with Crippen LogP contribution in [0.3, 0.4) is 0 Å². The maximum absolute atomic E-state index is 11.4. The van der Waals surface area contributed by atoms with Crippen LogP contribution in [0.2, 0.25) is 0 Å². The molecule has 0 saturated heterocycles. The van der Waals surface area contributed by atoms with Gasteiger partial charge in [-0.1, -0.05) is 12.1 Å². The molecule has 104 valence electrons. The topological polar surface area (TPSA) is 65.5 Å². The Morgan fingerprint density at radius 2 is 1.90 bits per heavy atom. The van der Waals surface area contributed by atoms with Crippen molar-refractivity contribution in [2.24, 2.45) is 0 Å². The van der Waals surface area contributed by atoms with E-state index in [0.29, 0.717) is 5.01 Å². The van der Waals surface area contributed by atoms with Crippen molar-refractivity contribution in [3.8, 4) is 0 Å². The average molecular weight is 291 g/mol. The Kier molecular flexibility index (Phi) is 4.84. The maximum atomic E-state index is 11.4. The second-order valence-corrected chi connectivity index (χ2v) is 4.88. The number of esters is 2. The molecule has 0 atom stereocenters. The highest BCUT2D eigenvalue weighted by molar-refractivity contribution is 7.18. The summed E-state index contributed by atoms with van der Waals surface area (Å²) in [7, 11) is 0. The third kappa shape index (κ3) is 3.89. The molecule has 2 rings (SSSR count). The molecular formula is C14H13NO4S. The molecule has 0 aliphatic carbocycles. The predicted molar refractivity (Wildman–Crippen MR) is 75.2 cm³/mol. The SMILES string of the molecule is CCOC(=O)/C=C/C(=O)OCc1nc2ccccc2s1. The minimum absolute atomic E-state index is 0.0886. The summed E-state index contributed by atoms with van der Waals surface area (Å²) in [5, 5.41) is 0.712. The Hall–Kier alpha value is -2.21. The van der Waals surface area contributed by atoms with Crippen molar-refractivity contribution in [2.45, 2.75) is 13.5 Å². The van der Waals surface area contributed by atoms with Crippen molar-refractivity contribution in [3.05, 3.63) is 41.4 Å². The van der Waals surface area contributed by atoms with Crippen molar-refractivity contribution in [1.29, 1.82) is 0 Å². The fraction of sp³-hybridized carbons (Fsp3) is 0.214. The van der Waals surface area contributed by atoms with Gasteiger partial charge in [0, 0.05) is 12.2 Å². The van der Waals surface area contributed by atoms with Crippen LogP contribution in [0.25, 0.3) is 10.2 Å². The molecule has 0 amide bonds. The van der Waals surface area contributed by atoms with E-state index in [-0.39, 0.29) is 13.2 Å². The highest BCUT2D eigenvalue weighted by Crippen LogP contribution is 2.21. The first-order chi connectivity index (χ1) is 9.69. The molecule has 20 heavy (non-hydrogen) atoms. The third-order valence-corrected chi connectivity index (χ3v) is 3.33. The number of para-hydroxylation sites is 1. The molecule has 0 bridgehead atoms. The summed E-state index contributed by atoms with van der Waals surface area (Å²) in [6.07, 6.45) is 2.09. The second-order valence-electron chi connectivity index (χ2n) is 3.77. The van der Waals surface area contributed by atoms with Gasteiger partial charge in [-0.15, -0.1) is 11.3 Å². The Morgan fingerprint density at radius 3 is 2.60 bits per heavy atom. The van der Waals surface area contributed by atoms with Crippen LogP contribution in [-0.2, 0) is 25.7 Å². The lowest BCUT2D eigenvalue weighted by Crippen LogP contribution is -2.04. The van der Waals surface area contributed by atoms with E-state index in [1.165, 1.54) is 11.3 Å². The molecule has 0 spiro atoms. The maximum Gasteiger partial charge on any atom is 0.331 e. The zero-order chi connectivity index (χ0) is 14.4. The number of fused-ring (bicyclic) bond motifs is 1. The molecule has 0 fully saturated rings. The predicted octanol–water partition coefficient (Wildman–Crippen LogP) is 2.46. The van der Waals surface area contributed by atoms with E-state index in [1.54, 1.807) is 6.92 Å². The highest BCUT2D eigenvalue weighted by atomic mass is 32.1. The van der Waals surface area contributed by atoms with Crippen LogP contribution < -0.4 is 0 Å². The fourth-order valence-electron chi connectivity index (χ4n) is 1.49. The number of aromatic nitrogens is 1. The monoisotopic (exact) mass is 291 g/mol. The van der Waals surface area contributed by atoms with Crippen LogP contribution in [0.1, 0.15) is 11.9 Å². The molecule has 6 heteroatoms. The Bertz CT molecular complexity index is 614. The number of hydrogen-bond acceptors (Lipinski definition) is 6. The summed E-state index contributed by atoms with van der Waals surface area (Å²) in [6.45, 7) is 2.05. The molecule has 0 saturated carbocycles. The first kappa shape index (κ1) is 14.2. The molecule has 0 N–H and O–H groups in total. The lowest BCUT2D eigenvalue weighted by molar-refractivity contribution is -0.141. The summed E-state index contributed by atoms with van der Waals surface area (Å²) in [6, 6.07) is 7.69. The zero-order valence-corrected chi connectivity index (χ0v) is 11.7. The molecule has 1 aromatic heterocycles. The number of thiazole rings is 1. The lowest BCUT2D eigenvalue weighted by atomic mass is 10.3. The van der Waals surface area contributed by atoms with Gasteiger partial charge in [0.25, 0.3) is 0 Å². The van der Waals surface area contributed by atoms with Gasteiger partial charge in [0.05, 0.1) is 16.8 Å². The molecule has 0 aliphatic heterocycles. The van der Waals surface area contributed by atoms with E-state index in [9.17, 15) is 9.59 Å². The minimum Gasteiger partial charge on any atom is -0.463 e. The first-order valence-corrected chi connectivity index (χ1v) is 6.86. The van der Waals surface area contributed by atoms with Crippen LogP contribution in [-0.4, -0.2) is 23.5 Å². The fourth-order valence-corrected chi connectivity index (χ4v) is 2.37. The second kappa shape index (κ2) is 6.81. The summed E-state index contributed by atoms with van der Waals surface area (Å²) in [5.41, 5.74) is 0.880. The van der Waals surface area contributed by atoms with Gasteiger partial charge in [-0.05, 0) is 19.1 Å². The van der Waals surface area contributed by atoms with Crippen LogP contribution in [0.15, 0.2) is 36.4 Å².